The summed E-state index contributed by atoms with van der Waals surface area (Å²) in [4.78, 5) is 4.23. The van der Waals surface area contributed by atoms with Crippen LogP contribution >= 0.6 is 48.0 Å². The fourth-order valence-corrected chi connectivity index (χ4v) is 1.81. The molecule has 6 heteroatoms. The molecule has 2 rings (SSSR count). The summed E-state index contributed by atoms with van der Waals surface area (Å²) < 4.78 is 0. The molecule has 1 N–H and O–H groups in total. The summed E-state index contributed by atoms with van der Waals surface area (Å²) in [6.07, 6.45) is 1.79. The first kappa shape index (κ1) is 18.5. The second-order valence-electron chi connectivity index (χ2n) is 3.67. The number of hydrogen-bond donors (Lipinski definition) is 1. The number of hydrogen-bond acceptors (Lipinski definition) is 2. The van der Waals surface area contributed by atoms with E-state index in [0.717, 1.165) is 24.3 Å². The van der Waals surface area contributed by atoms with Crippen molar-refractivity contribution < 1.29 is 0 Å². The maximum atomic E-state index is 5.94. The van der Waals surface area contributed by atoms with Crippen molar-refractivity contribution in [2.45, 2.75) is 13.1 Å². The van der Waals surface area contributed by atoms with Crippen LogP contribution in [0.4, 0.5) is 0 Å². The summed E-state index contributed by atoms with van der Waals surface area (Å²) in [6.45, 7) is 1.48. The Balaban J connectivity index is 0.00000162. The van der Waals surface area contributed by atoms with E-state index in [9.17, 15) is 0 Å². The summed E-state index contributed by atoms with van der Waals surface area (Å²) >= 11 is 11.8. The maximum Gasteiger partial charge on any atom is 0.0595 e. The van der Waals surface area contributed by atoms with Gasteiger partial charge in [0.2, 0.25) is 0 Å². The molecule has 1 heterocycles. The molecule has 0 amide bonds. The molecule has 0 saturated carbocycles. The third-order valence-corrected chi connectivity index (χ3v) is 3.08. The predicted molar refractivity (Wildman–Crippen MR) is 85.7 cm³/mol. The molecule has 1 aromatic heterocycles. The molecular formula is C13H14Cl4N2. The molecule has 0 unspecified atom stereocenters. The fourth-order valence-electron chi connectivity index (χ4n) is 1.49. The average Bonchev–Trinajstić information content (AvgIpc) is 2.35. The van der Waals surface area contributed by atoms with Crippen molar-refractivity contribution in [1.82, 2.24) is 10.3 Å². The van der Waals surface area contributed by atoms with E-state index < -0.39 is 0 Å². The van der Waals surface area contributed by atoms with Crippen molar-refractivity contribution in [2.24, 2.45) is 0 Å². The quantitative estimate of drug-likeness (QED) is 0.885. The molecule has 0 atom stereocenters. The number of benzene rings is 1. The van der Waals surface area contributed by atoms with Crippen LogP contribution in [0.3, 0.4) is 0 Å². The van der Waals surface area contributed by atoms with E-state index in [0.29, 0.717) is 10.0 Å². The van der Waals surface area contributed by atoms with E-state index in [1.165, 1.54) is 0 Å². The monoisotopic (exact) mass is 338 g/mol. The number of nitrogens with one attached hydrogen (secondary N) is 1. The third-order valence-electron chi connectivity index (χ3n) is 2.35. The molecule has 2 nitrogen and oxygen atoms in total. The van der Waals surface area contributed by atoms with Gasteiger partial charge in [0.15, 0.2) is 0 Å². The zero-order valence-corrected chi connectivity index (χ0v) is 13.1. The van der Waals surface area contributed by atoms with Gasteiger partial charge in [-0.3, -0.25) is 4.98 Å². The molecule has 0 aliphatic carbocycles. The lowest BCUT2D eigenvalue weighted by Crippen LogP contribution is -2.13. The van der Waals surface area contributed by atoms with Crippen molar-refractivity contribution >= 4 is 48.0 Å². The van der Waals surface area contributed by atoms with E-state index >= 15 is 0 Å². The van der Waals surface area contributed by atoms with Crippen LogP contribution in [0, 0.1) is 0 Å². The minimum Gasteiger partial charge on any atom is -0.307 e. The second-order valence-corrected chi connectivity index (χ2v) is 4.49. The van der Waals surface area contributed by atoms with Gasteiger partial charge >= 0.3 is 0 Å². The minimum absolute atomic E-state index is 0. The smallest absolute Gasteiger partial charge is 0.0595 e. The lowest BCUT2D eigenvalue weighted by Gasteiger charge is -2.05. The van der Waals surface area contributed by atoms with Gasteiger partial charge in [0.1, 0.15) is 0 Å². The van der Waals surface area contributed by atoms with Gasteiger partial charge in [-0.1, -0.05) is 35.3 Å². The van der Waals surface area contributed by atoms with E-state index in [4.69, 9.17) is 23.2 Å². The summed E-state index contributed by atoms with van der Waals surface area (Å²) in [5, 5.41) is 4.47. The molecule has 2 aromatic rings. The van der Waals surface area contributed by atoms with Gasteiger partial charge in [-0.05, 0) is 29.8 Å². The summed E-state index contributed by atoms with van der Waals surface area (Å²) in [7, 11) is 0. The maximum absolute atomic E-state index is 5.94. The Kier molecular flexibility index (Phi) is 9.15. The number of rotatable bonds is 4. The van der Waals surface area contributed by atoms with Gasteiger partial charge in [0, 0.05) is 19.3 Å². The van der Waals surface area contributed by atoms with Crippen LogP contribution < -0.4 is 5.32 Å². The zero-order chi connectivity index (χ0) is 12.1. The van der Waals surface area contributed by atoms with Crippen molar-refractivity contribution in [3.05, 3.63) is 63.9 Å². The molecule has 19 heavy (non-hydrogen) atoms. The van der Waals surface area contributed by atoms with Crippen molar-refractivity contribution in [3.8, 4) is 0 Å². The van der Waals surface area contributed by atoms with E-state index in [1.807, 2.05) is 36.4 Å². The molecule has 0 bridgehead atoms. The van der Waals surface area contributed by atoms with Crippen LogP contribution in [-0.2, 0) is 13.1 Å². The lowest BCUT2D eigenvalue weighted by atomic mass is 10.2. The molecule has 0 aliphatic rings. The Bertz CT molecular complexity index is 491. The Hall–Kier alpha value is -0.510. The Morgan fingerprint density at radius 2 is 1.74 bits per heavy atom. The number of halogens is 4. The summed E-state index contributed by atoms with van der Waals surface area (Å²) in [6, 6.07) is 11.5. The molecule has 0 spiro atoms. The third kappa shape index (κ3) is 5.98. The fraction of sp³-hybridized carbons (Fsp3) is 0.154. The van der Waals surface area contributed by atoms with Gasteiger partial charge in [0.25, 0.3) is 0 Å². The molecular weight excluding hydrogens is 326 g/mol. The minimum atomic E-state index is 0. The Morgan fingerprint density at radius 3 is 2.37 bits per heavy atom. The van der Waals surface area contributed by atoms with Gasteiger partial charge in [-0.2, -0.15) is 0 Å². The predicted octanol–water partition coefficient (Wildman–Crippen LogP) is 4.52. The first-order valence-electron chi connectivity index (χ1n) is 5.30. The number of nitrogens with zero attached hydrogens (tertiary/aromatic N) is 1. The zero-order valence-electron chi connectivity index (χ0n) is 9.98. The van der Waals surface area contributed by atoms with Crippen LogP contribution in [0.15, 0.2) is 42.6 Å². The standard InChI is InChI=1S/C13H12Cl2N2.2ClH/c14-12-5-4-10(7-13(12)15)8-16-9-11-3-1-2-6-17-11;;/h1-7,16H,8-9H2;2*1H. The highest BCUT2D eigenvalue weighted by atomic mass is 35.5. The summed E-state index contributed by atoms with van der Waals surface area (Å²) in [5.74, 6) is 0. The highest BCUT2D eigenvalue weighted by molar-refractivity contribution is 6.42. The van der Waals surface area contributed by atoms with E-state index in [2.05, 4.69) is 10.3 Å². The van der Waals surface area contributed by atoms with Gasteiger partial charge in [0.05, 0.1) is 15.7 Å². The molecule has 1 aromatic carbocycles. The molecule has 0 fully saturated rings. The SMILES string of the molecule is Cl.Cl.Clc1ccc(CNCc2ccccn2)cc1Cl. The van der Waals surface area contributed by atoms with E-state index in [-0.39, 0.29) is 24.8 Å². The molecule has 0 aliphatic heterocycles. The van der Waals surface area contributed by atoms with Gasteiger partial charge in [-0.15, -0.1) is 24.8 Å². The normalized spacial score (nSPS) is 9.37. The highest BCUT2D eigenvalue weighted by Gasteiger charge is 1.99. The van der Waals surface area contributed by atoms with Crippen LogP contribution in [0.25, 0.3) is 0 Å². The van der Waals surface area contributed by atoms with Crippen LogP contribution in [0.1, 0.15) is 11.3 Å². The molecule has 0 saturated heterocycles. The first-order valence-corrected chi connectivity index (χ1v) is 6.06. The Morgan fingerprint density at radius 1 is 0.947 bits per heavy atom. The van der Waals surface area contributed by atoms with Crippen LogP contribution in [0.2, 0.25) is 10.0 Å². The highest BCUT2D eigenvalue weighted by Crippen LogP contribution is 2.22. The van der Waals surface area contributed by atoms with Gasteiger partial charge in [-0.25, -0.2) is 0 Å². The van der Waals surface area contributed by atoms with Crippen LogP contribution in [0.5, 0.6) is 0 Å². The van der Waals surface area contributed by atoms with Crippen molar-refractivity contribution in [1.29, 1.82) is 0 Å². The first-order chi connectivity index (χ1) is 8.25. The van der Waals surface area contributed by atoms with E-state index in [1.54, 1.807) is 6.20 Å². The lowest BCUT2D eigenvalue weighted by molar-refractivity contribution is 0.680. The Labute approximate surface area is 135 Å². The average molecular weight is 340 g/mol. The number of pyridine rings is 1. The topological polar surface area (TPSA) is 24.9 Å². The second kappa shape index (κ2) is 9.40. The van der Waals surface area contributed by atoms with Gasteiger partial charge < -0.3 is 5.32 Å². The molecule has 0 radical (unpaired) electrons. The van der Waals surface area contributed by atoms with Crippen molar-refractivity contribution in [2.75, 3.05) is 0 Å². The van der Waals surface area contributed by atoms with Crippen LogP contribution in [-0.4, -0.2) is 4.98 Å². The molecule has 104 valence electrons. The number of aromatic nitrogens is 1. The largest absolute Gasteiger partial charge is 0.307 e. The van der Waals surface area contributed by atoms with Crippen molar-refractivity contribution in [3.63, 3.8) is 0 Å². The summed E-state index contributed by atoms with van der Waals surface area (Å²) in [5.41, 5.74) is 2.13.